The van der Waals surface area contributed by atoms with E-state index in [1.54, 1.807) is 0 Å². The quantitative estimate of drug-likeness (QED) is 0.689. The number of nitriles is 1. The largest absolute Gasteiger partial charge is 0.481 e. The highest BCUT2D eigenvalue weighted by atomic mass is 35.5. The van der Waals surface area contributed by atoms with E-state index in [0.29, 0.717) is 16.1 Å². The van der Waals surface area contributed by atoms with Crippen LogP contribution < -0.4 is 10.1 Å². The number of methoxy groups -OCH3 is 1. The molecule has 3 heterocycles. The highest BCUT2D eigenvalue weighted by molar-refractivity contribution is 6.34. The molecule has 8 nitrogen and oxygen atoms in total. The summed E-state index contributed by atoms with van der Waals surface area (Å²) in [6.07, 6.45) is 2.30. The molecule has 1 amide bonds. The molecule has 3 aromatic rings. The predicted molar refractivity (Wildman–Crippen MR) is 88.0 cm³/mol. The second kappa shape index (κ2) is 6.47. The monoisotopic (exact) mass is 377 g/mol. The lowest BCUT2D eigenvalue weighted by molar-refractivity contribution is 0.0999. The molecular weight excluding hydrogens is 369 g/mol. The van der Waals surface area contributed by atoms with Gasteiger partial charge in [-0.15, -0.1) is 0 Å². The Morgan fingerprint density at radius 1 is 1.36 bits per heavy atom. The maximum Gasteiger partial charge on any atom is 0.279 e. The highest BCUT2D eigenvalue weighted by Gasteiger charge is 2.16. The van der Waals surface area contributed by atoms with E-state index in [4.69, 9.17) is 33.2 Å². The summed E-state index contributed by atoms with van der Waals surface area (Å²) in [5.41, 5.74) is 0.656. The molecule has 0 aliphatic rings. The van der Waals surface area contributed by atoms with Gasteiger partial charge in [-0.2, -0.15) is 19.6 Å². The summed E-state index contributed by atoms with van der Waals surface area (Å²) in [5, 5.41) is 22.5. The SMILES string of the molecule is COc1ccc(C(=O)N=c2c(Cl)cn(O)cc2Cl)c2cc(C#N)nn12. The predicted octanol–water partition coefficient (Wildman–Crippen LogP) is 2.30. The fourth-order valence-corrected chi connectivity index (χ4v) is 2.75. The van der Waals surface area contributed by atoms with Crippen molar-refractivity contribution in [2.45, 2.75) is 0 Å². The molecule has 0 saturated carbocycles. The maximum absolute atomic E-state index is 12.6. The van der Waals surface area contributed by atoms with Crippen molar-refractivity contribution in [2.24, 2.45) is 4.99 Å². The third kappa shape index (κ3) is 3.03. The number of halogens is 2. The zero-order valence-corrected chi connectivity index (χ0v) is 14.2. The van der Waals surface area contributed by atoms with Crippen molar-refractivity contribution in [3.8, 4) is 11.9 Å². The summed E-state index contributed by atoms with van der Waals surface area (Å²) < 4.78 is 7.16. The summed E-state index contributed by atoms with van der Waals surface area (Å²) in [4.78, 5) is 16.5. The van der Waals surface area contributed by atoms with E-state index in [0.717, 1.165) is 12.4 Å². The van der Waals surface area contributed by atoms with Crippen molar-refractivity contribution in [1.29, 1.82) is 5.26 Å². The molecule has 0 saturated heterocycles. The van der Waals surface area contributed by atoms with E-state index in [-0.39, 0.29) is 26.7 Å². The number of fused-ring (bicyclic) bond motifs is 1. The number of nitrogens with zero attached hydrogens (tertiary/aromatic N) is 5. The Hall–Kier alpha value is -3.02. The van der Waals surface area contributed by atoms with E-state index in [9.17, 15) is 10.0 Å². The van der Waals surface area contributed by atoms with Crippen LogP contribution in [0.3, 0.4) is 0 Å². The van der Waals surface area contributed by atoms with E-state index < -0.39 is 5.91 Å². The number of aromatic nitrogens is 3. The lowest BCUT2D eigenvalue weighted by Crippen LogP contribution is -2.13. The number of amides is 1. The van der Waals surface area contributed by atoms with Crippen molar-refractivity contribution >= 4 is 34.6 Å². The standard InChI is InChI=1S/C15H9Cl2N5O3/c1-25-13-3-2-9(12-4-8(5-18)20-22(12)13)15(23)19-14-10(16)6-21(24)7-11(14)17/h2-4,6-7,24H,1H3. The summed E-state index contributed by atoms with van der Waals surface area (Å²) in [7, 11) is 1.45. The number of carbonyl (C=O) groups excluding carboxylic acids is 1. The van der Waals surface area contributed by atoms with Crippen molar-refractivity contribution in [2.75, 3.05) is 7.11 Å². The molecule has 10 heteroatoms. The molecule has 0 fully saturated rings. The lowest BCUT2D eigenvalue weighted by atomic mass is 10.2. The molecule has 1 N–H and O–H groups in total. The highest BCUT2D eigenvalue weighted by Crippen LogP contribution is 2.21. The molecule has 3 rings (SSSR count). The zero-order valence-electron chi connectivity index (χ0n) is 12.6. The second-order valence-electron chi connectivity index (χ2n) is 4.83. The van der Waals surface area contributed by atoms with Crippen LogP contribution in [0.5, 0.6) is 5.88 Å². The summed E-state index contributed by atoms with van der Waals surface area (Å²) in [6.45, 7) is 0. The Morgan fingerprint density at radius 2 is 2.04 bits per heavy atom. The third-order valence-corrected chi connectivity index (χ3v) is 3.85. The van der Waals surface area contributed by atoms with Gasteiger partial charge in [-0.3, -0.25) is 4.79 Å². The van der Waals surface area contributed by atoms with Crippen molar-refractivity contribution < 1.29 is 14.7 Å². The molecule has 0 aliphatic heterocycles. The second-order valence-corrected chi connectivity index (χ2v) is 5.64. The Labute approximate surface area is 150 Å². The number of hydrogen-bond acceptors (Lipinski definition) is 5. The van der Waals surface area contributed by atoms with Gasteiger partial charge in [-0.25, -0.2) is 4.99 Å². The van der Waals surface area contributed by atoms with Gasteiger partial charge in [0.1, 0.15) is 11.4 Å². The van der Waals surface area contributed by atoms with Gasteiger partial charge in [0.25, 0.3) is 5.91 Å². The molecule has 0 aromatic carbocycles. The first kappa shape index (κ1) is 16.8. The lowest BCUT2D eigenvalue weighted by Gasteiger charge is -2.06. The van der Waals surface area contributed by atoms with Gasteiger partial charge >= 0.3 is 0 Å². The minimum absolute atomic E-state index is 0.000830. The van der Waals surface area contributed by atoms with Crippen molar-refractivity contribution in [3.05, 3.63) is 57.3 Å². The fourth-order valence-electron chi connectivity index (χ4n) is 2.22. The van der Waals surface area contributed by atoms with Crippen LogP contribution in [0.25, 0.3) is 5.52 Å². The summed E-state index contributed by atoms with van der Waals surface area (Å²) in [5.74, 6) is -0.290. The minimum atomic E-state index is -0.642. The molecule has 0 spiro atoms. The average molecular weight is 378 g/mol. The van der Waals surface area contributed by atoms with Crippen LogP contribution in [-0.2, 0) is 0 Å². The molecule has 0 atom stereocenters. The molecule has 0 aliphatic carbocycles. The number of pyridine rings is 2. The van der Waals surface area contributed by atoms with Crippen molar-refractivity contribution in [1.82, 2.24) is 14.3 Å². The van der Waals surface area contributed by atoms with E-state index in [1.807, 2.05) is 6.07 Å². The first-order chi connectivity index (χ1) is 11.9. The van der Waals surface area contributed by atoms with Gasteiger partial charge in [0, 0.05) is 12.1 Å². The summed E-state index contributed by atoms with van der Waals surface area (Å²) >= 11 is 11.9. The number of ether oxygens (including phenoxy) is 1. The van der Waals surface area contributed by atoms with Crippen LogP contribution in [0.1, 0.15) is 16.1 Å². The Bertz CT molecular complexity index is 1080. The Morgan fingerprint density at radius 3 is 2.64 bits per heavy atom. The van der Waals surface area contributed by atoms with Crippen LogP contribution in [0.4, 0.5) is 0 Å². The number of carbonyl (C=O) groups is 1. The molecule has 0 radical (unpaired) electrons. The fraction of sp³-hybridized carbons (Fsp3) is 0.0667. The third-order valence-electron chi connectivity index (χ3n) is 3.30. The van der Waals surface area contributed by atoms with Gasteiger partial charge in [0.15, 0.2) is 5.69 Å². The molecular formula is C15H9Cl2N5O3. The minimum Gasteiger partial charge on any atom is -0.481 e. The van der Waals surface area contributed by atoms with Crippen LogP contribution in [0.15, 0.2) is 35.6 Å². The van der Waals surface area contributed by atoms with Gasteiger partial charge in [0.2, 0.25) is 5.88 Å². The molecule has 0 unspecified atom stereocenters. The number of hydrogen-bond donors (Lipinski definition) is 1. The number of rotatable bonds is 2. The maximum atomic E-state index is 12.6. The topological polar surface area (TPSA) is 105 Å². The molecule has 3 aromatic heterocycles. The normalized spacial score (nSPS) is 10.5. The average Bonchev–Trinajstić information content (AvgIpc) is 3.01. The van der Waals surface area contributed by atoms with E-state index in [2.05, 4.69) is 10.1 Å². The van der Waals surface area contributed by atoms with Gasteiger partial charge < -0.3 is 9.94 Å². The van der Waals surface area contributed by atoms with E-state index in [1.165, 1.54) is 29.8 Å². The van der Waals surface area contributed by atoms with Gasteiger partial charge in [-0.05, 0) is 6.07 Å². The van der Waals surface area contributed by atoms with E-state index >= 15 is 0 Å². The van der Waals surface area contributed by atoms with Crippen LogP contribution in [-0.4, -0.2) is 32.6 Å². The smallest absolute Gasteiger partial charge is 0.279 e. The Balaban J connectivity index is 2.21. The van der Waals surface area contributed by atoms with Crippen molar-refractivity contribution in [3.63, 3.8) is 0 Å². The summed E-state index contributed by atoms with van der Waals surface area (Å²) in [6, 6.07) is 6.38. The van der Waals surface area contributed by atoms with Crippen LogP contribution >= 0.6 is 23.2 Å². The Kier molecular flexibility index (Phi) is 4.35. The molecule has 126 valence electrons. The molecule has 25 heavy (non-hydrogen) atoms. The molecule has 0 bridgehead atoms. The zero-order chi connectivity index (χ0) is 18.1. The first-order valence-electron chi connectivity index (χ1n) is 6.77. The van der Waals surface area contributed by atoms with Gasteiger partial charge in [0.05, 0.1) is 40.6 Å². The van der Waals surface area contributed by atoms with Crippen LogP contribution in [0.2, 0.25) is 10.0 Å². The van der Waals surface area contributed by atoms with Gasteiger partial charge in [-0.1, -0.05) is 23.2 Å². The first-order valence-corrected chi connectivity index (χ1v) is 7.52. The van der Waals surface area contributed by atoms with Crippen LogP contribution in [0, 0.1) is 11.3 Å².